The summed E-state index contributed by atoms with van der Waals surface area (Å²) in [5, 5.41) is 2.47. The maximum Gasteiger partial charge on any atom is 0.411 e. The number of carbonyl (C=O) groups is 2. The molecule has 3 rings (SSSR count). The lowest BCUT2D eigenvalue weighted by Crippen LogP contribution is -2.54. The van der Waals surface area contributed by atoms with Crippen LogP contribution in [0.5, 0.6) is 0 Å². The van der Waals surface area contributed by atoms with E-state index in [1.165, 1.54) is 24.3 Å². The molecule has 5 nitrogen and oxygen atoms in total. The molecular weight excluding hydrogens is 464 g/mol. The topological polar surface area (TPSA) is 98.2 Å². The summed E-state index contributed by atoms with van der Waals surface area (Å²) >= 11 is 0. The van der Waals surface area contributed by atoms with E-state index in [1.807, 2.05) is 0 Å². The number of primary amides is 1. The second kappa shape index (κ2) is 8.73. The van der Waals surface area contributed by atoms with Gasteiger partial charge >= 0.3 is 12.4 Å². The van der Waals surface area contributed by atoms with Gasteiger partial charge in [-0.15, -0.1) is 0 Å². The molecule has 11 heteroatoms. The molecule has 0 aliphatic rings. The fraction of sp³-hybridized carbons (Fsp3) is 0.130. The van der Waals surface area contributed by atoms with Crippen molar-refractivity contribution in [3.8, 4) is 0 Å². The normalized spacial score (nSPS) is 12.3. The smallest absolute Gasteiger partial charge is 0.399 e. The first-order chi connectivity index (χ1) is 15.8. The molecule has 5 N–H and O–H groups in total. The van der Waals surface area contributed by atoms with Crippen LogP contribution in [0.1, 0.15) is 31.8 Å². The summed E-state index contributed by atoms with van der Waals surface area (Å²) in [5.41, 5.74) is 4.21. The molecule has 0 aliphatic heterocycles. The lowest BCUT2D eigenvalue weighted by molar-refractivity contribution is -0.288. The highest BCUT2D eigenvalue weighted by molar-refractivity contribution is 6.04. The van der Waals surface area contributed by atoms with Gasteiger partial charge in [0.2, 0.25) is 11.3 Å². The van der Waals surface area contributed by atoms with Gasteiger partial charge in [0.15, 0.2) is 0 Å². The molecule has 0 saturated carbocycles. The molecular formula is C23H17F6N3O2. The fourth-order valence-electron chi connectivity index (χ4n) is 3.51. The first-order valence-corrected chi connectivity index (χ1v) is 9.58. The lowest BCUT2D eigenvalue weighted by atomic mass is 9.72. The number of hydrogen-bond donors (Lipinski definition) is 3. The van der Waals surface area contributed by atoms with Crippen LogP contribution >= 0.6 is 0 Å². The van der Waals surface area contributed by atoms with Crippen molar-refractivity contribution >= 4 is 23.2 Å². The largest absolute Gasteiger partial charge is 0.411 e. The third-order valence-electron chi connectivity index (χ3n) is 5.20. The van der Waals surface area contributed by atoms with Crippen molar-refractivity contribution in [1.29, 1.82) is 0 Å². The number of hydrogen-bond acceptors (Lipinski definition) is 3. The zero-order valence-electron chi connectivity index (χ0n) is 17.2. The summed E-state index contributed by atoms with van der Waals surface area (Å²) in [6.45, 7) is 0. The Bertz CT molecular complexity index is 1170. The fourth-order valence-corrected chi connectivity index (χ4v) is 3.51. The molecule has 2 amide bonds. The van der Waals surface area contributed by atoms with E-state index in [2.05, 4.69) is 5.32 Å². The Balaban J connectivity index is 2.07. The van der Waals surface area contributed by atoms with Crippen molar-refractivity contribution < 1.29 is 35.9 Å². The summed E-state index contributed by atoms with van der Waals surface area (Å²) in [5.74, 6) is -1.75. The summed E-state index contributed by atoms with van der Waals surface area (Å²) in [4.78, 5) is 23.6. The SMILES string of the molecule is NC(=O)c1ccc(C(c2ccc(C(=O)Nc3ccc(N)cc3)cc2)(C(F)(F)F)C(F)(F)F)cc1. The van der Waals surface area contributed by atoms with Crippen LogP contribution < -0.4 is 16.8 Å². The van der Waals surface area contributed by atoms with E-state index < -0.39 is 40.7 Å². The van der Waals surface area contributed by atoms with Gasteiger partial charge in [0, 0.05) is 22.5 Å². The van der Waals surface area contributed by atoms with Gasteiger partial charge in [-0.05, 0) is 59.7 Å². The Labute approximate surface area is 189 Å². The van der Waals surface area contributed by atoms with Gasteiger partial charge in [0.25, 0.3) is 5.91 Å². The van der Waals surface area contributed by atoms with Crippen LogP contribution in [0.2, 0.25) is 0 Å². The molecule has 0 aromatic heterocycles. The average molecular weight is 481 g/mol. The predicted molar refractivity (Wildman–Crippen MR) is 113 cm³/mol. The lowest BCUT2D eigenvalue weighted by Gasteiger charge is -2.38. The van der Waals surface area contributed by atoms with Crippen LogP contribution in [0.25, 0.3) is 0 Å². The molecule has 3 aromatic carbocycles. The second-order valence-corrected chi connectivity index (χ2v) is 7.34. The highest BCUT2D eigenvalue weighted by Crippen LogP contribution is 2.56. The predicted octanol–water partition coefficient (Wildman–Crippen LogP) is 5.03. The Morgan fingerprint density at radius 2 is 1.06 bits per heavy atom. The molecule has 0 fully saturated rings. The van der Waals surface area contributed by atoms with Gasteiger partial charge in [-0.2, -0.15) is 26.3 Å². The standard InChI is InChI=1S/C23H17F6N3O2/c24-22(25,26)21(23(27,28)29,15-5-1-13(2-6-15)19(31)33)16-7-3-14(4-8-16)20(34)32-18-11-9-17(30)10-12-18/h1-12H,30H2,(H2,31,33)(H,32,34). The molecule has 0 aliphatic carbocycles. The number of rotatable bonds is 5. The number of benzene rings is 3. The molecule has 0 spiro atoms. The monoisotopic (exact) mass is 481 g/mol. The van der Waals surface area contributed by atoms with E-state index in [9.17, 15) is 35.9 Å². The third kappa shape index (κ3) is 4.41. The molecule has 3 aromatic rings. The quantitative estimate of drug-likeness (QED) is 0.352. The van der Waals surface area contributed by atoms with Gasteiger partial charge in [-0.1, -0.05) is 24.3 Å². The maximum absolute atomic E-state index is 14.2. The second-order valence-electron chi connectivity index (χ2n) is 7.34. The minimum absolute atomic E-state index is 0.164. The van der Waals surface area contributed by atoms with Crippen LogP contribution in [0, 0.1) is 0 Å². The zero-order chi connectivity index (χ0) is 25.3. The van der Waals surface area contributed by atoms with Crippen LogP contribution in [0.4, 0.5) is 37.7 Å². The molecule has 0 bridgehead atoms. The maximum atomic E-state index is 14.2. The van der Waals surface area contributed by atoms with E-state index >= 15 is 0 Å². The van der Waals surface area contributed by atoms with Crippen molar-refractivity contribution in [2.24, 2.45) is 5.73 Å². The molecule has 34 heavy (non-hydrogen) atoms. The first-order valence-electron chi connectivity index (χ1n) is 9.58. The minimum atomic E-state index is -5.81. The van der Waals surface area contributed by atoms with Gasteiger partial charge in [0.05, 0.1) is 0 Å². The summed E-state index contributed by atoms with van der Waals surface area (Å²) in [6.07, 6.45) is -11.6. The highest BCUT2D eigenvalue weighted by atomic mass is 19.4. The van der Waals surface area contributed by atoms with Crippen LogP contribution in [0.15, 0.2) is 72.8 Å². The Kier molecular flexibility index (Phi) is 6.32. The van der Waals surface area contributed by atoms with E-state index in [4.69, 9.17) is 11.5 Å². The van der Waals surface area contributed by atoms with Crippen molar-refractivity contribution in [1.82, 2.24) is 0 Å². The summed E-state index contributed by atoms with van der Waals surface area (Å²) in [7, 11) is 0. The number of alkyl halides is 6. The number of carbonyl (C=O) groups excluding carboxylic acids is 2. The molecule has 0 saturated heterocycles. The van der Waals surface area contributed by atoms with E-state index in [0.717, 1.165) is 24.3 Å². The number of nitrogens with two attached hydrogens (primary N) is 2. The minimum Gasteiger partial charge on any atom is -0.399 e. The number of amides is 2. The molecule has 0 atom stereocenters. The summed E-state index contributed by atoms with van der Waals surface area (Å²) < 4.78 is 85.1. The van der Waals surface area contributed by atoms with Crippen LogP contribution in [0.3, 0.4) is 0 Å². The Morgan fingerprint density at radius 1 is 0.647 bits per heavy atom. The molecule has 178 valence electrons. The molecule has 0 heterocycles. The van der Waals surface area contributed by atoms with Gasteiger partial charge in [-0.25, -0.2) is 0 Å². The van der Waals surface area contributed by atoms with E-state index in [1.54, 1.807) is 0 Å². The van der Waals surface area contributed by atoms with Gasteiger partial charge < -0.3 is 16.8 Å². The number of nitrogens with one attached hydrogen (secondary N) is 1. The summed E-state index contributed by atoms with van der Waals surface area (Å²) in [6, 6.07) is 11.6. The van der Waals surface area contributed by atoms with Crippen LogP contribution in [-0.4, -0.2) is 24.2 Å². The van der Waals surface area contributed by atoms with Crippen molar-refractivity contribution in [3.63, 3.8) is 0 Å². The first kappa shape index (κ1) is 24.6. The van der Waals surface area contributed by atoms with Crippen molar-refractivity contribution in [2.45, 2.75) is 17.8 Å². The van der Waals surface area contributed by atoms with E-state index in [-0.39, 0.29) is 11.1 Å². The van der Waals surface area contributed by atoms with E-state index in [0.29, 0.717) is 35.6 Å². The van der Waals surface area contributed by atoms with Crippen molar-refractivity contribution in [2.75, 3.05) is 11.1 Å². The molecule has 0 radical (unpaired) electrons. The third-order valence-corrected chi connectivity index (χ3v) is 5.20. The number of halogens is 6. The Morgan fingerprint density at radius 3 is 1.44 bits per heavy atom. The van der Waals surface area contributed by atoms with Gasteiger partial charge in [-0.3, -0.25) is 9.59 Å². The number of nitrogen functional groups attached to an aromatic ring is 1. The van der Waals surface area contributed by atoms with Crippen molar-refractivity contribution in [3.05, 3.63) is 95.1 Å². The van der Waals surface area contributed by atoms with Crippen LogP contribution in [-0.2, 0) is 5.41 Å². The average Bonchev–Trinajstić information content (AvgIpc) is 2.74. The Hall–Kier alpha value is -4.02. The highest BCUT2D eigenvalue weighted by Gasteiger charge is 2.72. The molecule has 0 unspecified atom stereocenters. The van der Waals surface area contributed by atoms with Gasteiger partial charge in [0.1, 0.15) is 0 Å². The number of anilines is 2. The zero-order valence-corrected chi connectivity index (χ0v) is 17.2.